The monoisotopic (exact) mass is 300 g/mol. The molecule has 1 fully saturated rings. The Morgan fingerprint density at radius 1 is 1.32 bits per heavy atom. The smallest absolute Gasteiger partial charge is 0.207 e. The average molecular weight is 300 g/mol. The maximum atomic E-state index is 13.5. The van der Waals surface area contributed by atoms with Gasteiger partial charge in [0.05, 0.1) is 0 Å². The number of hydrogen-bond donors (Lipinski definition) is 0. The largest absolute Gasteiger partial charge is 0.244 e. The number of nitrogens with zero attached hydrogens (tertiary/aromatic N) is 2. The van der Waals surface area contributed by atoms with Crippen molar-refractivity contribution in [3.05, 3.63) is 29.6 Å². The maximum Gasteiger partial charge on any atom is 0.244 e. The van der Waals surface area contributed by atoms with Crippen molar-refractivity contribution >= 4 is 21.8 Å². The van der Waals surface area contributed by atoms with Crippen molar-refractivity contribution < 1.29 is 12.8 Å². The first-order valence-corrected chi connectivity index (χ1v) is 8.43. The molecular formula is C12H13FN2O2S2. The Hall–Kier alpha value is -1.10. The Bertz CT molecular complexity index is 603. The lowest BCUT2D eigenvalue weighted by atomic mass is 10.2. The van der Waals surface area contributed by atoms with Crippen LogP contribution in [0.1, 0.15) is 12.0 Å². The molecule has 1 aliphatic heterocycles. The molecule has 0 radical (unpaired) electrons. The summed E-state index contributed by atoms with van der Waals surface area (Å²) in [5, 5.41) is 8.94. The Morgan fingerprint density at radius 3 is 2.84 bits per heavy atom. The molecule has 1 aromatic carbocycles. The van der Waals surface area contributed by atoms with Crippen LogP contribution in [-0.4, -0.2) is 37.3 Å². The fourth-order valence-corrected chi connectivity index (χ4v) is 4.56. The van der Waals surface area contributed by atoms with E-state index in [1.54, 1.807) is 17.8 Å². The van der Waals surface area contributed by atoms with Crippen LogP contribution in [0, 0.1) is 17.1 Å². The van der Waals surface area contributed by atoms with Crippen molar-refractivity contribution in [3.63, 3.8) is 0 Å². The van der Waals surface area contributed by atoms with Gasteiger partial charge in [-0.3, -0.25) is 0 Å². The van der Waals surface area contributed by atoms with Crippen molar-refractivity contribution in [1.29, 1.82) is 5.26 Å². The van der Waals surface area contributed by atoms with Crippen LogP contribution in [0.25, 0.3) is 0 Å². The molecule has 0 saturated carbocycles. The number of nitriles is 1. The minimum Gasteiger partial charge on any atom is -0.207 e. The summed E-state index contributed by atoms with van der Waals surface area (Å²) in [4.78, 5) is -0.234. The van der Waals surface area contributed by atoms with Gasteiger partial charge in [-0.15, -0.1) is 0 Å². The van der Waals surface area contributed by atoms with Gasteiger partial charge in [-0.1, -0.05) is 6.07 Å². The van der Waals surface area contributed by atoms with Gasteiger partial charge < -0.3 is 0 Å². The predicted octanol–water partition coefficient (Wildman–Crippen LogP) is 1.82. The first-order chi connectivity index (χ1) is 9.07. The first-order valence-electron chi connectivity index (χ1n) is 5.84. The van der Waals surface area contributed by atoms with Crippen molar-refractivity contribution in [1.82, 2.24) is 4.31 Å². The zero-order valence-corrected chi connectivity index (χ0v) is 11.8. The van der Waals surface area contributed by atoms with E-state index in [0.717, 1.165) is 24.0 Å². The van der Waals surface area contributed by atoms with Gasteiger partial charge in [0.2, 0.25) is 10.0 Å². The van der Waals surface area contributed by atoms with Crippen molar-refractivity contribution in [2.75, 3.05) is 24.6 Å². The lowest BCUT2D eigenvalue weighted by Crippen LogP contribution is -2.33. The molecular weight excluding hydrogens is 287 g/mol. The first kappa shape index (κ1) is 14.3. The topological polar surface area (TPSA) is 61.2 Å². The normalized spacial score (nSPS) is 17.7. The molecule has 1 saturated heterocycles. The zero-order chi connectivity index (χ0) is 13.9. The fourth-order valence-electron chi connectivity index (χ4n) is 1.93. The highest BCUT2D eigenvalue weighted by Gasteiger charge is 2.28. The summed E-state index contributed by atoms with van der Waals surface area (Å²) in [6.45, 7) is 0.811. The fraction of sp³-hybridized carbons (Fsp3) is 0.417. The quantitative estimate of drug-likeness (QED) is 0.836. The molecule has 0 N–H and O–H groups in total. The van der Waals surface area contributed by atoms with E-state index in [4.69, 9.17) is 5.26 Å². The molecule has 1 heterocycles. The van der Waals surface area contributed by atoms with Crippen LogP contribution in [0.4, 0.5) is 4.39 Å². The second kappa shape index (κ2) is 5.90. The van der Waals surface area contributed by atoms with Gasteiger partial charge in [0.1, 0.15) is 22.3 Å². The number of halogens is 1. The van der Waals surface area contributed by atoms with Crippen LogP contribution < -0.4 is 0 Å². The molecule has 7 heteroatoms. The third kappa shape index (κ3) is 2.91. The number of sulfonamides is 1. The molecule has 4 nitrogen and oxygen atoms in total. The molecule has 0 spiro atoms. The van der Waals surface area contributed by atoms with Gasteiger partial charge in [-0.2, -0.15) is 21.3 Å². The van der Waals surface area contributed by atoms with Crippen LogP contribution in [-0.2, 0) is 10.0 Å². The molecule has 0 atom stereocenters. The molecule has 1 aromatic rings. The van der Waals surface area contributed by atoms with E-state index in [-0.39, 0.29) is 4.90 Å². The summed E-state index contributed by atoms with van der Waals surface area (Å²) in [6, 6.07) is 5.33. The molecule has 0 bridgehead atoms. The highest BCUT2D eigenvalue weighted by molar-refractivity contribution is 7.99. The van der Waals surface area contributed by atoms with Gasteiger partial charge in [-0.25, -0.2) is 12.8 Å². The van der Waals surface area contributed by atoms with Crippen LogP contribution in [0.3, 0.4) is 0 Å². The highest BCUT2D eigenvalue weighted by atomic mass is 32.2. The summed E-state index contributed by atoms with van der Waals surface area (Å²) < 4.78 is 39.8. The van der Waals surface area contributed by atoms with E-state index in [1.807, 2.05) is 0 Å². The van der Waals surface area contributed by atoms with Crippen LogP contribution in [0.2, 0.25) is 0 Å². The summed E-state index contributed by atoms with van der Waals surface area (Å²) in [7, 11) is -3.79. The van der Waals surface area contributed by atoms with Crippen molar-refractivity contribution in [2.45, 2.75) is 11.3 Å². The average Bonchev–Trinajstić information content (AvgIpc) is 2.67. The van der Waals surface area contributed by atoms with Crippen molar-refractivity contribution in [2.24, 2.45) is 0 Å². The Kier molecular flexibility index (Phi) is 4.45. The summed E-state index contributed by atoms with van der Waals surface area (Å²) in [5.41, 5.74) is -0.403. The maximum absolute atomic E-state index is 13.5. The number of thioether (sulfide) groups is 1. The third-order valence-electron chi connectivity index (χ3n) is 2.89. The van der Waals surface area contributed by atoms with E-state index in [1.165, 1.54) is 16.4 Å². The SMILES string of the molecule is N#Cc1c(F)cccc1S(=O)(=O)N1CCCSCC1. The molecule has 0 unspecified atom stereocenters. The molecule has 2 rings (SSSR count). The molecule has 0 aromatic heterocycles. The lowest BCUT2D eigenvalue weighted by molar-refractivity contribution is 0.434. The summed E-state index contributed by atoms with van der Waals surface area (Å²) in [6.07, 6.45) is 0.765. The van der Waals surface area contributed by atoms with Crippen molar-refractivity contribution in [3.8, 4) is 6.07 Å². The second-order valence-electron chi connectivity index (χ2n) is 4.09. The second-order valence-corrected chi connectivity index (χ2v) is 7.23. The summed E-state index contributed by atoms with van der Waals surface area (Å²) in [5.74, 6) is 0.837. The Morgan fingerprint density at radius 2 is 2.11 bits per heavy atom. The highest BCUT2D eigenvalue weighted by Crippen LogP contribution is 2.24. The Balaban J connectivity index is 2.45. The number of benzene rings is 1. The third-order valence-corrected chi connectivity index (χ3v) is 5.88. The van der Waals surface area contributed by atoms with Gasteiger partial charge in [0, 0.05) is 18.8 Å². The standard InChI is InChI=1S/C12H13FN2O2S2/c13-11-3-1-4-12(10(11)9-14)19(16,17)15-5-2-7-18-8-6-15/h1,3-4H,2,5-8H2. The van der Waals surface area contributed by atoms with E-state index >= 15 is 0 Å². The zero-order valence-electron chi connectivity index (χ0n) is 10.2. The molecule has 0 aliphatic carbocycles. The van der Waals surface area contributed by atoms with E-state index < -0.39 is 21.4 Å². The Labute approximate surface area is 116 Å². The van der Waals surface area contributed by atoms with Gasteiger partial charge in [0.15, 0.2) is 0 Å². The summed E-state index contributed by atoms with van der Waals surface area (Å²) >= 11 is 1.70. The van der Waals surface area contributed by atoms with Gasteiger partial charge in [0.25, 0.3) is 0 Å². The molecule has 1 aliphatic rings. The van der Waals surface area contributed by atoms with Gasteiger partial charge >= 0.3 is 0 Å². The van der Waals surface area contributed by atoms with E-state index in [2.05, 4.69) is 0 Å². The molecule has 0 amide bonds. The van der Waals surface area contributed by atoms with Crippen LogP contribution in [0.5, 0.6) is 0 Å². The predicted molar refractivity (Wildman–Crippen MR) is 71.8 cm³/mol. The minimum atomic E-state index is -3.79. The van der Waals surface area contributed by atoms with Crippen LogP contribution in [0.15, 0.2) is 23.1 Å². The minimum absolute atomic E-state index is 0.234. The van der Waals surface area contributed by atoms with Crippen LogP contribution >= 0.6 is 11.8 Å². The van der Waals surface area contributed by atoms with E-state index in [9.17, 15) is 12.8 Å². The molecule has 19 heavy (non-hydrogen) atoms. The van der Waals surface area contributed by atoms with Gasteiger partial charge in [-0.05, 0) is 24.3 Å². The van der Waals surface area contributed by atoms with E-state index in [0.29, 0.717) is 13.1 Å². The number of hydrogen-bond acceptors (Lipinski definition) is 4. The lowest BCUT2D eigenvalue weighted by Gasteiger charge is -2.20. The molecule has 102 valence electrons. The number of rotatable bonds is 2.